The fourth-order valence-electron chi connectivity index (χ4n) is 3.12. The molecule has 2 heterocycles. The zero-order chi connectivity index (χ0) is 14.3. The number of aliphatic carboxylic acids is 1. The Morgan fingerprint density at radius 2 is 1.95 bits per heavy atom. The van der Waals surface area contributed by atoms with E-state index in [-0.39, 0.29) is 18.1 Å². The van der Waals surface area contributed by atoms with E-state index in [1.54, 1.807) is 24.3 Å². The van der Waals surface area contributed by atoms with Gasteiger partial charge in [0.25, 0.3) is 0 Å². The molecule has 1 amide bonds. The third-order valence-corrected chi connectivity index (χ3v) is 4.19. The molecule has 0 aromatic heterocycles. The van der Waals surface area contributed by atoms with Crippen LogP contribution in [-0.4, -0.2) is 29.2 Å². The maximum Gasteiger partial charge on any atom is 0.310 e. The van der Waals surface area contributed by atoms with Crippen LogP contribution in [0.15, 0.2) is 24.3 Å². The van der Waals surface area contributed by atoms with E-state index in [0.29, 0.717) is 17.1 Å². The van der Waals surface area contributed by atoms with E-state index in [0.717, 1.165) is 6.42 Å². The zero-order valence-corrected chi connectivity index (χ0v) is 11.3. The van der Waals surface area contributed by atoms with Gasteiger partial charge in [0, 0.05) is 10.7 Å². The van der Waals surface area contributed by atoms with Crippen LogP contribution in [0.5, 0.6) is 0 Å². The highest BCUT2D eigenvalue weighted by Gasteiger charge is 2.55. The van der Waals surface area contributed by atoms with E-state index in [4.69, 9.17) is 16.3 Å². The van der Waals surface area contributed by atoms with Gasteiger partial charge in [0.05, 0.1) is 24.0 Å². The van der Waals surface area contributed by atoms with Gasteiger partial charge in [-0.2, -0.15) is 0 Å². The normalized spacial score (nSPS) is 31.2. The van der Waals surface area contributed by atoms with Gasteiger partial charge in [-0.15, -0.1) is 0 Å². The van der Waals surface area contributed by atoms with Gasteiger partial charge in [-0.3, -0.25) is 9.59 Å². The smallest absolute Gasteiger partial charge is 0.310 e. The van der Waals surface area contributed by atoms with Gasteiger partial charge in [-0.1, -0.05) is 17.7 Å². The third kappa shape index (κ3) is 2.27. The minimum atomic E-state index is -0.969. The lowest BCUT2D eigenvalue weighted by molar-refractivity contribution is -0.147. The van der Waals surface area contributed by atoms with Crippen LogP contribution in [0.1, 0.15) is 12.8 Å². The number of rotatable bonds is 3. The number of nitrogens with one attached hydrogen (secondary N) is 1. The topological polar surface area (TPSA) is 75.6 Å². The van der Waals surface area contributed by atoms with Crippen LogP contribution in [0.3, 0.4) is 0 Å². The zero-order valence-electron chi connectivity index (χ0n) is 10.6. The van der Waals surface area contributed by atoms with E-state index in [1.165, 1.54) is 0 Å². The first-order valence-corrected chi connectivity index (χ1v) is 6.89. The molecule has 0 aliphatic carbocycles. The fraction of sp³-hybridized carbons (Fsp3) is 0.429. The summed E-state index contributed by atoms with van der Waals surface area (Å²) in [5, 5.41) is 12.5. The number of hydrogen-bond acceptors (Lipinski definition) is 3. The maximum atomic E-state index is 12.3. The summed E-state index contributed by atoms with van der Waals surface area (Å²) in [6.07, 6.45) is 0.817. The molecule has 2 aliphatic heterocycles. The predicted molar refractivity (Wildman–Crippen MR) is 72.6 cm³/mol. The SMILES string of the molecule is O=C(O)[C@H]1[C@H](C(=O)Nc2cccc(Cl)c2)[C@H]2CC[C@H]1O2. The summed E-state index contributed by atoms with van der Waals surface area (Å²) in [5.41, 5.74) is 0.564. The summed E-state index contributed by atoms with van der Waals surface area (Å²) in [4.78, 5) is 23.7. The minimum absolute atomic E-state index is 0.291. The van der Waals surface area contributed by atoms with Gasteiger partial charge in [0.2, 0.25) is 5.91 Å². The van der Waals surface area contributed by atoms with Gasteiger partial charge in [-0.05, 0) is 31.0 Å². The van der Waals surface area contributed by atoms with Gasteiger partial charge in [0.1, 0.15) is 0 Å². The molecule has 20 heavy (non-hydrogen) atoms. The first kappa shape index (κ1) is 13.4. The first-order valence-electron chi connectivity index (χ1n) is 6.51. The van der Waals surface area contributed by atoms with Gasteiger partial charge >= 0.3 is 5.97 Å². The molecule has 4 atom stereocenters. The molecule has 3 rings (SSSR count). The van der Waals surface area contributed by atoms with Crippen molar-refractivity contribution in [3.63, 3.8) is 0 Å². The first-order chi connectivity index (χ1) is 9.56. The monoisotopic (exact) mass is 295 g/mol. The lowest BCUT2D eigenvalue weighted by Gasteiger charge is -2.23. The van der Waals surface area contributed by atoms with Crippen LogP contribution < -0.4 is 5.32 Å². The van der Waals surface area contributed by atoms with Crippen LogP contribution >= 0.6 is 11.6 Å². The summed E-state index contributed by atoms with van der Waals surface area (Å²) in [5.74, 6) is -2.67. The second kappa shape index (κ2) is 5.07. The number of carbonyl (C=O) groups is 2. The van der Waals surface area contributed by atoms with Crippen molar-refractivity contribution >= 4 is 29.2 Å². The van der Waals surface area contributed by atoms with E-state index in [2.05, 4.69) is 5.32 Å². The Kier molecular flexibility index (Phi) is 3.40. The molecule has 0 radical (unpaired) electrons. The van der Waals surface area contributed by atoms with Crippen molar-refractivity contribution in [2.24, 2.45) is 11.8 Å². The molecule has 1 aromatic rings. The summed E-state index contributed by atoms with van der Waals surface area (Å²) in [7, 11) is 0. The highest BCUT2D eigenvalue weighted by atomic mass is 35.5. The number of benzene rings is 1. The summed E-state index contributed by atoms with van der Waals surface area (Å²) in [6.45, 7) is 0. The maximum absolute atomic E-state index is 12.3. The van der Waals surface area contributed by atoms with Crippen LogP contribution in [0, 0.1) is 11.8 Å². The molecule has 0 saturated carbocycles. The number of carboxylic acids is 1. The van der Waals surface area contributed by atoms with E-state index in [9.17, 15) is 14.7 Å². The molecular weight excluding hydrogens is 282 g/mol. The Morgan fingerprint density at radius 1 is 1.25 bits per heavy atom. The van der Waals surface area contributed by atoms with Gasteiger partial charge in [-0.25, -0.2) is 0 Å². The Hall–Kier alpha value is -1.59. The molecule has 0 unspecified atom stereocenters. The average Bonchev–Trinajstić information content (AvgIpc) is 2.98. The highest BCUT2D eigenvalue weighted by molar-refractivity contribution is 6.30. The van der Waals surface area contributed by atoms with Crippen LogP contribution in [-0.2, 0) is 14.3 Å². The number of halogens is 1. The number of anilines is 1. The highest BCUT2D eigenvalue weighted by Crippen LogP contribution is 2.44. The molecule has 2 fully saturated rings. The average molecular weight is 296 g/mol. The van der Waals surface area contributed by atoms with Crippen molar-refractivity contribution in [1.29, 1.82) is 0 Å². The molecule has 0 spiro atoms. The standard InChI is InChI=1S/C14H14ClNO4/c15-7-2-1-3-8(6-7)16-13(17)11-9-4-5-10(20-9)12(11)14(18)19/h1-3,6,9-12H,4-5H2,(H,16,17)(H,18,19)/t9-,10-,11-,12-/m1/s1. The Balaban J connectivity index is 1.78. The Labute approximate surface area is 120 Å². The summed E-state index contributed by atoms with van der Waals surface area (Å²) < 4.78 is 5.57. The van der Waals surface area contributed by atoms with Crippen LogP contribution in [0.4, 0.5) is 5.69 Å². The number of amides is 1. The summed E-state index contributed by atoms with van der Waals surface area (Å²) >= 11 is 5.86. The summed E-state index contributed by atoms with van der Waals surface area (Å²) in [6, 6.07) is 6.78. The van der Waals surface area contributed by atoms with E-state index < -0.39 is 17.8 Å². The fourth-order valence-corrected chi connectivity index (χ4v) is 3.31. The molecule has 2 saturated heterocycles. The molecule has 6 heteroatoms. The Morgan fingerprint density at radius 3 is 2.60 bits per heavy atom. The number of ether oxygens (including phenoxy) is 1. The molecule has 5 nitrogen and oxygen atoms in total. The van der Waals surface area contributed by atoms with Crippen molar-refractivity contribution in [3.05, 3.63) is 29.3 Å². The van der Waals surface area contributed by atoms with Crippen LogP contribution in [0.25, 0.3) is 0 Å². The minimum Gasteiger partial charge on any atom is -0.481 e. The molecule has 2 bridgehead atoms. The molecule has 106 valence electrons. The molecule has 2 N–H and O–H groups in total. The van der Waals surface area contributed by atoms with E-state index in [1.807, 2.05) is 0 Å². The van der Waals surface area contributed by atoms with Crippen molar-refractivity contribution < 1.29 is 19.4 Å². The third-order valence-electron chi connectivity index (χ3n) is 3.95. The number of hydrogen-bond donors (Lipinski definition) is 2. The van der Waals surface area contributed by atoms with E-state index >= 15 is 0 Å². The molecule has 2 aliphatic rings. The lowest BCUT2D eigenvalue weighted by Crippen LogP contribution is -2.40. The van der Waals surface area contributed by atoms with Crippen molar-refractivity contribution in [1.82, 2.24) is 0 Å². The predicted octanol–water partition coefficient (Wildman–Crippen LogP) is 2.16. The lowest BCUT2D eigenvalue weighted by atomic mass is 9.78. The van der Waals surface area contributed by atoms with Crippen LogP contribution in [0.2, 0.25) is 5.02 Å². The van der Waals surface area contributed by atoms with Crippen molar-refractivity contribution in [2.45, 2.75) is 25.0 Å². The van der Waals surface area contributed by atoms with Gasteiger partial charge in [0.15, 0.2) is 0 Å². The number of carboxylic acid groups (broad SMARTS) is 1. The number of carbonyl (C=O) groups excluding carboxylic acids is 1. The second-order valence-corrected chi connectivity index (χ2v) is 5.62. The van der Waals surface area contributed by atoms with Crippen molar-refractivity contribution in [2.75, 3.05) is 5.32 Å². The van der Waals surface area contributed by atoms with Gasteiger partial charge < -0.3 is 15.2 Å². The number of fused-ring (bicyclic) bond motifs is 2. The largest absolute Gasteiger partial charge is 0.481 e. The Bertz CT molecular complexity index is 562. The molecular formula is C14H14ClNO4. The second-order valence-electron chi connectivity index (χ2n) is 5.18. The van der Waals surface area contributed by atoms with Crippen molar-refractivity contribution in [3.8, 4) is 0 Å². The quantitative estimate of drug-likeness (QED) is 0.896. The molecule has 1 aromatic carbocycles.